The predicted molar refractivity (Wildman–Crippen MR) is 108 cm³/mol. The Hall–Kier alpha value is -2.88. The van der Waals surface area contributed by atoms with Crippen molar-refractivity contribution in [2.75, 3.05) is 5.75 Å². The number of carbonyl (C=O) groups excluding carboxylic acids is 2. The molecule has 0 aliphatic carbocycles. The highest BCUT2D eigenvalue weighted by Crippen LogP contribution is 2.20. The number of aromatic nitrogens is 3. The summed E-state index contributed by atoms with van der Waals surface area (Å²) in [6, 6.07) is 5.51. The molecule has 0 saturated heterocycles. The Morgan fingerprint density at radius 2 is 2.03 bits per heavy atom. The van der Waals surface area contributed by atoms with E-state index in [1.807, 2.05) is 20.8 Å². The van der Waals surface area contributed by atoms with E-state index in [0.29, 0.717) is 17.5 Å². The zero-order chi connectivity index (χ0) is 21.4. The summed E-state index contributed by atoms with van der Waals surface area (Å²) in [6.07, 6.45) is 1.65. The maximum absolute atomic E-state index is 13.7. The van der Waals surface area contributed by atoms with Crippen molar-refractivity contribution in [3.05, 3.63) is 48.6 Å². The van der Waals surface area contributed by atoms with Gasteiger partial charge in [-0.05, 0) is 32.9 Å². The van der Waals surface area contributed by atoms with Crippen LogP contribution in [0.4, 0.5) is 9.18 Å². The second-order valence-electron chi connectivity index (χ2n) is 7.06. The van der Waals surface area contributed by atoms with Crippen molar-refractivity contribution in [3.8, 4) is 5.75 Å². The molecule has 0 radical (unpaired) electrons. The summed E-state index contributed by atoms with van der Waals surface area (Å²) in [5.74, 6) is -0.391. The fourth-order valence-corrected chi connectivity index (χ4v) is 2.98. The number of amides is 3. The van der Waals surface area contributed by atoms with E-state index in [-0.39, 0.29) is 18.1 Å². The first kappa shape index (κ1) is 22.4. The fraction of sp³-hybridized carbons (Fsp3) is 0.368. The molecule has 0 aliphatic heterocycles. The zero-order valence-corrected chi connectivity index (χ0v) is 17.4. The maximum Gasteiger partial charge on any atom is 0.321 e. The van der Waals surface area contributed by atoms with E-state index in [4.69, 9.17) is 4.74 Å². The number of nitrogens with zero attached hydrogens (tertiary/aromatic N) is 3. The van der Waals surface area contributed by atoms with Gasteiger partial charge in [0.05, 0.1) is 5.75 Å². The first-order valence-corrected chi connectivity index (χ1v) is 9.83. The van der Waals surface area contributed by atoms with E-state index in [9.17, 15) is 14.0 Å². The van der Waals surface area contributed by atoms with Crippen molar-refractivity contribution in [3.63, 3.8) is 0 Å². The summed E-state index contributed by atoms with van der Waals surface area (Å²) in [7, 11) is 0. The van der Waals surface area contributed by atoms with Gasteiger partial charge in [-0.3, -0.25) is 14.7 Å². The lowest BCUT2D eigenvalue weighted by Gasteiger charge is -2.20. The van der Waals surface area contributed by atoms with E-state index < -0.39 is 23.3 Å². The molecule has 2 rings (SSSR count). The number of allylic oxidation sites excluding steroid dienone is 1. The summed E-state index contributed by atoms with van der Waals surface area (Å²) < 4.78 is 20.9. The predicted octanol–water partition coefficient (Wildman–Crippen LogP) is 2.90. The van der Waals surface area contributed by atoms with Crippen molar-refractivity contribution in [1.82, 2.24) is 25.4 Å². The molecule has 1 aromatic heterocycles. The van der Waals surface area contributed by atoms with Gasteiger partial charge < -0.3 is 10.1 Å². The van der Waals surface area contributed by atoms with Gasteiger partial charge in [0.25, 0.3) is 0 Å². The number of hydrogen-bond acceptors (Lipinski definition) is 6. The number of urea groups is 1. The monoisotopic (exact) mass is 421 g/mol. The number of benzene rings is 1. The van der Waals surface area contributed by atoms with Crippen LogP contribution in [-0.4, -0.2) is 38.0 Å². The first-order valence-electron chi connectivity index (χ1n) is 8.84. The van der Waals surface area contributed by atoms with Crippen molar-refractivity contribution in [1.29, 1.82) is 0 Å². The van der Waals surface area contributed by atoms with Crippen LogP contribution in [-0.2, 0) is 17.9 Å². The van der Waals surface area contributed by atoms with Gasteiger partial charge in [0, 0.05) is 12.1 Å². The molecule has 29 heavy (non-hydrogen) atoms. The highest BCUT2D eigenvalue weighted by atomic mass is 32.2. The quantitative estimate of drug-likeness (QED) is 0.502. The molecule has 0 fully saturated rings. The van der Waals surface area contributed by atoms with Crippen LogP contribution in [0.25, 0.3) is 0 Å². The number of thioether (sulfide) groups is 1. The second-order valence-corrected chi connectivity index (χ2v) is 8.00. The number of rotatable bonds is 8. The molecule has 2 aromatic rings. The molecule has 0 spiro atoms. The Kier molecular flexibility index (Phi) is 7.77. The Bertz CT molecular complexity index is 879. The van der Waals surface area contributed by atoms with Gasteiger partial charge >= 0.3 is 6.03 Å². The number of imide groups is 1. The van der Waals surface area contributed by atoms with E-state index in [2.05, 4.69) is 27.4 Å². The van der Waals surface area contributed by atoms with Crippen LogP contribution in [0.5, 0.6) is 5.75 Å². The third-order valence-corrected chi connectivity index (χ3v) is 4.34. The van der Waals surface area contributed by atoms with Crippen molar-refractivity contribution < 1.29 is 18.7 Å². The van der Waals surface area contributed by atoms with Crippen molar-refractivity contribution in [2.24, 2.45) is 0 Å². The van der Waals surface area contributed by atoms with Gasteiger partial charge in [0.15, 0.2) is 22.5 Å². The summed E-state index contributed by atoms with van der Waals surface area (Å²) in [6.45, 7) is 9.53. The lowest BCUT2D eigenvalue weighted by Crippen LogP contribution is -2.48. The van der Waals surface area contributed by atoms with Gasteiger partial charge in [-0.25, -0.2) is 9.18 Å². The van der Waals surface area contributed by atoms with Crippen LogP contribution in [0.1, 0.15) is 26.6 Å². The van der Waals surface area contributed by atoms with Crippen LogP contribution in [0.2, 0.25) is 0 Å². The Balaban J connectivity index is 1.97. The number of carbonyl (C=O) groups is 2. The molecule has 10 heteroatoms. The van der Waals surface area contributed by atoms with Gasteiger partial charge in [0.2, 0.25) is 5.91 Å². The largest absolute Gasteiger partial charge is 0.483 e. The minimum Gasteiger partial charge on any atom is -0.483 e. The number of hydrogen-bond donors (Lipinski definition) is 2. The van der Waals surface area contributed by atoms with Crippen LogP contribution >= 0.6 is 11.8 Å². The number of nitrogens with one attached hydrogen (secondary N) is 2. The Labute approximate surface area is 172 Å². The molecule has 2 N–H and O–H groups in total. The molecule has 1 aromatic carbocycles. The molecule has 8 nitrogen and oxygen atoms in total. The lowest BCUT2D eigenvalue weighted by atomic mass is 10.1. The highest BCUT2D eigenvalue weighted by Gasteiger charge is 2.18. The van der Waals surface area contributed by atoms with E-state index >= 15 is 0 Å². The minimum atomic E-state index is -0.561. The van der Waals surface area contributed by atoms with Gasteiger partial charge in [-0.15, -0.1) is 16.8 Å². The average molecular weight is 421 g/mol. The molecule has 0 unspecified atom stereocenters. The van der Waals surface area contributed by atoms with Crippen LogP contribution < -0.4 is 15.4 Å². The van der Waals surface area contributed by atoms with Gasteiger partial charge in [0.1, 0.15) is 6.61 Å². The second kappa shape index (κ2) is 10.1. The standard InChI is InChI=1S/C19H24FN5O3S/c1-5-10-25-15(11-28-14-9-7-6-8-13(14)20)23-24-18(25)29-12-16(26)21-17(27)22-19(2,3)4/h5-9H,1,10-12H2,2-4H3,(H2,21,22,26,27). The van der Waals surface area contributed by atoms with Crippen LogP contribution in [0.15, 0.2) is 42.1 Å². The molecule has 0 bridgehead atoms. The molecular weight excluding hydrogens is 397 g/mol. The highest BCUT2D eigenvalue weighted by molar-refractivity contribution is 7.99. The SMILES string of the molecule is C=CCn1c(COc2ccccc2F)nnc1SCC(=O)NC(=O)NC(C)(C)C. The normalized spacial score (nSPS) is 11.0. The first-order chi connectivity index (χ1) is 13.7. The molecule has 0 atom stereocenters. The summed E-state index contributed by atoms with van der Waals surface area (Å²) in [5.41, 5.74) is -0.450. The van der Waals surface area contributed by atoms with Gasteiger partial charge in [-0.1, -0.05) is 30.0 Å². The molecular formula is C19H24FN5O3S. The number of ether oxygens (including phenoxy) is 1. The number of halogens is 1. The Morgan fingerprint density at radius 1 is 1.31 bits per heavy atom. The van der Waals surface area contributed by atoms with E-state index in [1.54, 1.807) is 22.8 Å². The molecule has 0 saturated carbocycles. The Morgan fingerprint density at radius 3 is 2.69 bits per heavy atom. The molecule has 0 aliphatic rings. The topological polar surface area (TPSA) is 98.1 Å². The fourth-order valence-electron chi connectivity index (χ4n) is 2.21. The third-order valence-electron chi connectivity index (χ3n) is 3.37. The van der Waals surface area contributed by atoms with E-state index in [1.165, 1.54) is 12.1 Å². The van der Waals surface area contributed by atoms with Crippen molar-refractivity contribution >= 4 is 23.7 Å². The lowest BCUT2D eigenvalue weighted by molar-refractivity contribution is -0.117. The smallest absolute Gasteiger partial charge is 0.321 e. The maximum atomic E-state index is 13.7. The summed E-state index contributed by atoms with van der Waals surface area (Å²) in [5, 5.41) is 13.5. The summed E-state index contributed by atoms with van der Waals surface area (Å²) >= 11 is 1.12. The van der Waals surface area contributed by atoms with E-state index in [0.717, 1.165) is 11.8 Å². The minimum absolute atomic E-state index is 0.00250. The zero-order valence-electron chi connectivity index (χ0n) is 16.6. The van der Waals surface area contributed by atoms with Crippen LogP contribution in [0.3, 0.4) is 0 Å². The average Bonchev–Trinajstić information content (AvgIpc) is 3.00. The molecule has 3 amide bonds. The number of para-hydroxylation sites is 1. The third kappa shape index (κ3) is 7.22. The molecule has 1 heterocycles. The summed E-state index contributed by atoms with van der Waals surface area (Å²) in [4.78, 5) is 23.8. The van der Waals surface area contributed by atoms with Gasteiger partial charge in [-0.2, -0.15) is 0 Å². The molecule has 156 valence electrons. The van der Waals surface area contributed by atoms with Crippen LogP contribution in [0, 0.1) is 5.82 Å². The van der Waals surface area contributed by atoms with Crippen molar-refractivity contribution in [2.45, 2.75) is 44.6 Å².